The molecule has 0 aliphatic carbocycles. The quantitative estimate of drug-likeness (QED) is 0.294. The highest BCUT2D eigenvalue weighted by Gasteiger charge is 2.30. The van der Waals surface area contributed by atoms with Crippen LogP contribution in [0.4, 0.5) is 11.4 Å². The molecule has 2 N–H and O–H groups in total. The van der Waals surface area contributed by atoms with Crippen LogP contribution in [-0.2, 0) is 11.2 Å². The fourth-order valence-electron chi connectivity index (χ4n) is 4.55. The van der Waals surface area contributed by atoms with Gasteiger partial charge in [-0.3, -0.25) is 19.7 Å². The summed E-state index contributed by atoms with van der Waals surface area (Å²) in [6, 6.07) is 15.4. The number of anilines is 1. The summed E-state index contributed by atoms with van der Waals surface area (Å²) in [6.07, 6.45) is 2.27. The molecular weight excluding hydrogens is 478 g/mol. The summed E-state index contributed by atoms with van der Waals surface area (Å²) in [5.41, 5.74) is 3.43. The summed E-state index contributed by atoms with van der Waals surface area (Å²) < 4.78 is 0. The monoisotopic (exact) mass is 503 g/mol. The van der Waals surface area contributed by atoms with Crippen molar-refractivity contribution >= 4 is 45.4 Å². The number of hydrogen-bond acceptors (Lipinski definition) is 6. The van der Waals surface area contributed by atoms with Crippen LogP contribution in [0.2, 0.25) is 0 Å². The first-order valence-corrected chi connectivity index (χ1v) is 12.6. The molecule has 9 nitrogen and oxygen atoms in total. The first-order valence-electron chi connectivity index (χ1n) is 11.7. The smallest absolute Gasteiger partial charge is 0.269 e. The number of aromatic nitrogens is 1. The van der Waals surface area contributed by atoms with E-state index in [1.807, 2.05) is 35.8 Å². The van der Waals surface area contributed by atoms with Gasteiger partial charge < -0.3 is 20.1 Å². The highest BCUT2D eigenvalue weighted by Crippen LogP contribution is 2.23. The molecule has 36 heavy (non-hydrogen) atoms. The van der Waals surface area contributed by atoms with E-state index < -0.39 is 11.0 Å². The van der Waals surface area contributed by atoms with Gasteiger partial charge in [-0.05, 0) is 35.2 Å². The molecule has 1 saturated heterocycles. The van der Waals surface area contributed by atoms with Gasteiger partial charge in [0, 0.05) is 72.9 Å². The third-order valence-electron chi connectivity index (χ3n) is 6.50. The molecule has 0 saturated carbocycles. The maximum atomic E-state index is 13.6. The number of para-hydroxylation sites is 1. The highest BCUT2D eigenvalue weighted by atomic mass is 32.1. The minimum Gasteiger partial charge on any atom is -0.368 e. The molecule has 1 fully saturated rings. The fourth-order valence-corrected chi connectivity index (χ4v) is 5.18. The molecule has 3 heterocycles. The van der Waals surface area contributed by atoms with E-state index in [9.17, 15) is 19.7 Å². The molecule has 2 amide bonds. The van der Waals surface area contributed by atoms with Crippen LogP contribution in [0.5, 0.6) is 0 Å². The predicted molar refractivity (Wildman–Crippen MR) is 139 cm³/mol. The third-order valence-corrected chi connectivity index (χ3v) is 7.19. The number of carbonyl (C=O) groups is 2. The number of nitrogens with one attached hydrogen (secondary N) is 2. The van der Waals surface area contributed by atoms with Gasteiger partial charge in [0.1, 0.15) is 6.04 Å². The molecule has 5 rings (SSSR count). The van der Waals surface area contributed by atoms with Crippen LogP contribution in [0.15, 0.2) is 71.6 Å². The number of amides is 2. The van der Waals surface area contributed by atoms with E-state index in [0.717, 1.165) is 22.2 Å². The van der Waals surface area contributed by atoms with Crippen molar-refractivity contribution < 1.29 is 14.5 Å². The maximum Gasteiger partial charge on any atom is 0.269 e. The fraction of sp³-hybridized carbons (Fsp3) is 0.231. The standard InChI is InChI=1S/C26H25N5O4S/c32-25(18-9-14-36-17-18)28-24(15-19-16-27-23-4-2-1-3-22(19)23)26(33)30-12-10-29(11-13-30)20-5-7-21(8-6-20)31(34)35/h1-9,14,16-17,24,27H,10-13,15H2,(H,28,32)/t24-/m0/s1. The number of hydrogen-bond donors (Lipinski definition) is 2. The second kappa shape index (κ2) is 10.2. The zero-order valence-corrected chi connectivity index (χ0v) is 20.2. The predicted octanol–water partition coefficient (Wildman–Crippen LogP) is 3.83. The number of nitro groups is 1. The van der Waals surface area contributed by atoms with Crippen LogP contribution in [0.1, 0.15) is 15.9 Å². The number of nitro benzene ring substituents is 1. The summed E-state index contributed by atoms with van der Waals surface area (Å²) in [6.45, 7) is 2.19. The van der Waals surface area contributed by atoms with Crippen molar-refractivity contribution in [2.75, 3.05) is 31.1 Å². The van der Waals surface area contributed by atoms with Crippen molar-refractivity contribution in [3.05, 3.63) is 92.8 Å². The first-order chi connectivity index (χ1) is 17.5. The van der Waals surface area contributed by atoms with E-state index >= 15 is 0 Å². The SMILES string of the molecule is O=C(N[C@@H](Cc1c[nH]c2ccccc12)C(=O)N1CCN(c2ccc([N+](=O)[O-])cc2)CC1)c1ccsc1. The van der Waals surface area contributed by atoms with Crippen molar-refractivity contribution in [1.29, 1.82) is 0 Å². The van der Waals surface area contributed by atoms with Crippen molar-refractivity contribution in [2.24, 2.45) is 0 Å². The van der Waals surface area contributed by atoms with Crippen LogP contribution in [0, 0.1) is 10.1 Å². The molecule has 4 aromatic rings. The van der Waals surface area contributed by atoms with E-state index in [-0.39, 0.29) is 17.5 Å². The Morgan fingerprint density at radius 2 is 1.81 bits per heavy atom. The number of rotatable bonds is 7. The molecule has 2 aromatic heterocycles. The number of aromatic amines is 1. The van der Waals surface area contributed by atoms with Gasteiger partial charge in [-0.1, -0.05) is 18.2 Å². The molecule has 0 unspecified atom stereocenters. The molecule has 0 bridgehead atoms. The van der Waals surface area contributed by atoms with Gasteiger partial charge in [-0.15, -0.1) is 0 Å². The Kier molecular flexibility index (Phi) is 6.68. The lowest BCUT2D eigenvalue weighted by Crippen LogP contribution is -2.55. The summed E-state index contributed by atoms with van der Waals surface area (Å²) in [4.78, 5) is 44.1. The number of carbonyl (C=O) groups excluding carboxylic acids is 2. The molecular formula is C26H25N5O4S. The Morgan fingerprint density at radius 3 is 2.50 bits per heavy atom. The third kappa shape index (κ3) is 4.94. The summed E-state index contributed by atoms with van der Waals surface area (Å²) >= 11 is 1.44. The molecule has 10 heteroatoms. The van der Waals surface area contributed by atoms with Crippen LogP contribution < -0.4 is 10.2 Å². The summed E-state index contributed by atoms with van der Waals surface area (Å²) in [5.74, 6) is -0.383. The normalized spacial score (nSPS) is 14.6. The molecule has 1 atom stereocenters. The van der Waals surface area contributed by atoms with Gasteiger partial charge in [-0.25, -0.2) is 0 Å². The number of nitrogens with zero attached hydrogens (tertiary/aromatic N) is 3. The second-order valence-electron chi connectivity index (χ2n) is 8.69. The minimum absolute atomic E-state index is 0.0500. The Morgan fingerprint density at radius 1 is 1.06 bits per heavy atom. The zero-order valence-electron chi connectivity index (χ0n) is 19.4. The van der Waals surface area contributed by atoms with Crippen LogP contribution in [0.3, 0.4) is 0 Å². The molecule has 0 spiro atoms. The van der Waals surface area contributed by atoms with E-state index in [0.29, 0.717) is 38.2 Å². The first kappa shape index (κ1) is 23.6. The Balaban J connectivity index is 1.30. The maximum absolute atomic E-state index is 13.6. The van der Waals surface area contributed by atoms with E-state index in [4.69, 9.17) is 0 Å². The average Bonchev–Trinajstić information content (AvgIpc) is 3.59. The number of fused-ring (bicyclic) bond motifs is 1. The van der Waals surface area contributed by atoms with Gasteiger partial charge in [0.2, 0.25) is 5.91 Å². The molecule has 2 aromatic carbocycles. The van der Waals surface area contributed by atoms with Crippen molar-refractivity contribution in [3.8, 4) is 0 Å². The van der Waals surface area contributed by atoms with Crippen molar-refractivity contribution in [3.63, 3.8) is 0 Å². The van der Waals surface area contributed by atoms with Crippen LogP contribution >= 0.6 is 11.3 Å². The largest absolute Gasteiger partial charge is 0.368 e. The second-order valence-corrected chi connectivity index (χ2v) is 9.47. The molecule has 1 aliphatic rings. The number of non-ortho nitro benzene ring substituents is 1. The number of H-pyrrole nitrogens is 1. The average molecular weight is 504 g/mol. The number of thiophene rings is 1. The lowest BCUT2D eigenvalue weighted by atomic mass is 10.0. The lowest BCUT2D eigenvalue weighted by Gasteiger charge is -2.37. The van der Waals surface area contributed by atoms with Crippen LogP contribution in [-0.4, -0.2) is 58.8 Å². The van der Waals surface area contributed by atoms with Crippen molar-refractivity contribution in [1.82, 2.24) is 15.2 Å². The lowest BCUT2D eigenvalue weighted by molar-refractivity contribution is -0.384. The topological polar surface area (TPSA) is 112 Å². The van der Waals surface area contributed by atoms with Crippen LogP contribution in [0.25, 0.3) is 10.9 Å². The van der Waals surface area contributed by atoms with Gasteiger partial charge in [0.05, 0.1) is 10.5 Å². The molecule has 1 aliphatic heterocycles. The Labute approximate surface area is 211 Å². The van der Waals surface area contributed by atoms with Gasteiger partial charge >= 0.3 is 0 Å². The van der Waals surface area contributed by atoms with Gasteiger partial charge in [0.25, 0.3) is 11.6 Å². The minimum atomic E-state index is -0.706. The number of benzene rings is 2. The zero-order chi connectivity index (χ0) is 25.1. The van der Waals surface area contributed by atoms with Gasteiger partial charge in [0.15, 0.2) is 0 Å². The van der Waals surface area contributed by atoms with E-state index in [1.54, 1.807) is 28.5 Å². The molecule has 184 valence electrons. The Bertz CT molecular complexity index is 1380. The summed E-state index contributed by atoms with van der Waals surface area (Å²) in [5, 5.41) is 18.5. The van der Waals surface area contributed by atoms with E-state index in [2.05, 4.69) is 15.2 Å². The Hall–Kier alpha value is -4.18. The highest BCUT2D eigenvalue weighted by molar-refractivity contribution is 7.08. The molecule has 0 radical (unpaired) electrons. The summed E-state index contributed by atoms with van der Waals surface area (Å²) in [7, 11) is 0. The van der Waals surface area contributed by atoms with Crippen molar-refractivity contribution in [2.45, 2.75) is 12.5 Å². The number of piperazine rings is 1. The van der Waals surface area contributed by atoms with Gasteiger partial charge in [-0.2, -0.15) is 11.3 Å². The van der Waals surface area contributed by atoms with E-state index in [1.165, 1.54) is 23.5 Å².